The maximum Gasteiger partial charge on any atom is 0.273 e. The predicted octanol–water partition coefficient (Wildman–Crippen LogP) is 1.59. The van der Waals surface area contributed by atoms with Crippen LogP contribution >= 0.6 is 0 Å². The topological polar surface area (TPSA) is 59.2 Å². The normalized spacial score (nSPS) is 24.1. The molecule has 0 spiro atoms. The minimum absolute atomic E-state index is 0.0236. The second-order valence-corrected chi connectivity index (χ2v) is 5.19. The van der Waals surface area contributed by atoms with Crippen molar-refractivity contribution in [1.82, 2.24) is 9.88 Å². The fraction of sp³-hybridized carbons (Fsp3) is 0.571. The molecule has 2 atom stereocenters. The van der Waals surface area contributed by atoms with Crippen LogP contribution < -0.4 is 5.73 Å². The lowest BCUT2D eigenvalue weighted by Crippen LogP contribution is -2.49. The van der Waals surface area contributed by atoms with Gasteiger partial charge in [-0.05, 0) is 37.3 Å². The lowest BCUT2D eigenvalue weighted by molar-refractivity contribution is 0.0567. The lowest BCUT2D eigenvalue weighted by Gasteiger charge is -2.38. The summed E-state index contributed by atoms with van der Waals surface area (Å²) in [5.41, 5.74) is 7.28. The summed E-state index contributed by atoms with van der Waals surface area (Å²) in [4.78, 5) is 18.6. The van der Waals surface area contributed by atoms with E-state index in [1.807, 2.05) is 24.0 Å². The van der Waals surface area contributed by atoms with Gasteiger partial charge in [-0.3, -0.25) is 9.78 Å². The first kappa shape index (κ1) is 13.0. The van der Waals surface area contributed by atoms with Crippen LogP contribution in [0, 0.1) is 12.8 Å². The third kappa shape index (κ3) is 2.53. The molecule has 1 fully saturated rings. The van der Waals surface area contributed by atoms with Crippen LogP contribution in [-0.2, 0) is 0 Å². The Kier molecular flexibility index (Phi) is 3.97. The Labute approximate surface area is 108 Å². The number of rotatable bonds is 2. The highest BCUT2D eigenvalue weighted by molar-refractivity contribution is 5.93. The van der Waals surface area contributed by atoms with Crippen molar-refractivity contribution in [2.45, 2.75) is 32.7 Å². The van der Waals surface area contributed by atoms with Crippen molar-refractivity contribution in [3.63, 3.8) is 0 Å². The Morgan fingerprint density at radius 2 is 2.39 bits per heavy atom. The average Bonchev–Trinajstić information content (AvgIpc) is 2.38. The van der Waals surface area contributed by atoms with Crippen molar-refractivity contribution < 1.29 is 4.79 Å². The molecule has 4 nitrogen and oxygen atoms in total. The first-order valence-electron chi connectivity index (χ1n) is 6.56. The van der Waals surface area contributed by atoms with E-state index in [4.69, 9.17) is 5.73 Å². The van der Waals surface area contributed by atoms with Crippen molar-refractivity contribution in [2.24, 2.45) is 11.7 Å². The highest BCUT2D eigenvalue weighted by Crippen LogP contribution is 2.23. The molecule has 1 aliphatic heterocycles. The van der Waals surface area contributed by atoms with Gasteiger partial charge in [0, 0.05) is 25.3 Å². The third-order valence-corrected chi connectivity index (χ3v) is 3.72. The van der Waals surface area contributed by atoms with E-state index in [0.717, 1.165) is 24.9 Å². The first-order chi connectivity index (χ1) is 8.63. The standard InChI is InChI=1S/C14H21N3O/c1-10-5-7-17(12(8-10)9-15)14(18)13-11(2)4-3-6-16-13/h3-4,6,10,12H,5,7-9,15H2,1-2H3. The van der Waals surface area contributed by atoms with E-state index in [1.165, 1.54) is 0 Å². The lowest BCUT2D eigenvalue weighted by atomic mass is 9.92. The molecule has 2 heterocycles. The fourth-order valence-electron chi connectivity index (χ4n) is 2.59. The summed E-state index contributed by atoms with van der Waals surface area (Å²) in [6, 6.07) is 3.93. The largest absolute Gasteiger partial charge is 0.333 e. The molecule has 1 aromatic rings. The van der Waals surface area contributed by atoms with Crippen LogP contribution in [0.1, 0.15) is 35.8 Å². The number of amides is 1. The zero-order chi connectivity index (χ0) is 13.1. The number of aromatic nitrogens is 1. The number of nitrogens with two attached hydrogens (primary N) is 1. The number of nitrogens with zero attached hydrogens (tertiary/aromatic N) is 2. The van der Waals surface area contributed by atoms with E-state index in [0.29, 0.717) is 18.2 Å². The van der Waals surface area contributed by atoms with Crippen molar-refractivity contribution >= 4 is 5.91 Å². The molecule has 1 aliphatic rings. The molecule has 1 saturated heterocycles. The minimum atomic E-state index is 0.0236. The van der Waals surface area contributed by atoms with Crippen LogP contribution in [0.5, 0.6) is 0 Å². The maximum atomic E-state index is 12.5. The molecule has 18 heavy (non-hydrogen) atoms. The van der Waals surface area contributed by atoms with E-state index in [1.54, 1.807) is 6.20 Å². The third-order valence-electron chi connectivity index (χ3n) is 3.72. The van der Waals surface area contributed by atoms with Crippen molar-refractivity contribution in [2.75, 3.05) is 13.1 Å². The summed E-state index contributed by atoms with van der Waals surface area (Å²) in [7, 11) is 0. The molecule has 1 aromatic heterocycles. The maximum absolute atomic E-state index is 12.5. The number of pyridine rings is 1. The Balaban J connectivity index is 2.20. The Morgan fingerprint density at radius 3 is 3.06 bits per heavy atom. The summed E-state index contributed by atoms with van der Waals surface area (Å²) in [6.07, 6.45) is 3.71. The summed E-state index contributed by atoms with van der Waals surface area (Å²) in [6.45, 7) is 5.46. The van der Waals surface area contributed by atoms with E-state index in [-0.39, 0.29) is 11.9 Å². The van der Waals surface area contributed by atoms with Gasteiger partial charge in [0.15, 0.2) is 0 Å². The highest BCUT2D eigenvalue weighted by atomic mass is 16.2. The van der Waals surface area contributed by atoms with Gasteiger partial charge in [-0.1, -0.05) is 13.0 Å². The minimum Gasteiger partial charge on any atom is -0.333 e. The Hall–Kier alpha value is -1.42. The Morgan fingerprint density at radius 1 is 1.61 bits per heavy atom. The van der Waals surface area contributed by atoms with Gasteiger partial charge in [0.05, 0.1) is 0 Å². The summed E-state index contributed by atoms with van der Waals surface area (Å²) in [5, 5.41) is 0. The van der Waals surface area contributed by atoms with Gasteiger partial charge < -0.3 is 10.6 Å². The number of piperidine rings is 1. The molecule has 98 valence electrons. The van der Waals surface area contributed by atoms with Crippen LogP contribution in [0.2, 0.25) is 0 Å². The summed E-state index contributed by atoms with van der Waals surface area (Å²) < 4.78 is 0. The SMILES string of the molecule is Cc1cccnc1C(=O)N1CCC(C)CC1CN. The van der Waals surface area contributed by atoms with Gasteiger partial charge in [0.1, 0.15) is 5.69 Å². The molecular weight excluding hydrogens is 226 g/mol. The van der Waals surface area contributed by atoms with Crippen LogP contribution in [0.25, 0.3) is 0 Å². The van der Waals surface area contributed by atoms with Crippen LogP contribution in [0.4, 0.5) is 0 Å². The van der Waals surface area contributed by atoms with Gasteiger partial charge in [0.2, 0.25) is 0 Å². The molecule has 0 radical (unpaired) electrons. The van der Waals surface area contributed by atoms with Gasteiger partial charge in [-0.25, -0.2) is 0 Å². The van der Waals surface area contributed by atoms with E-state index < -0.39 is 0 Å². The van der Waals surface area contributed by atoms with Crippen molar-refractivity contribution in [3.8, 4) is 0 Å². The number of carbonyl (C=O) groups is 1. The first-order valence-corrected chi connectivity index (χ1v) is 6.56. The summed E-state index contributed by atoms with van der Waals surface area (Å²) in [5.74, 6) is 0.669. The smallest absolute Gasteiger partial charge is 0.273 e. The van der Waals surface area contributed by atoms with Gasteiger partial charge >= 0.3 is 0 Å². The van der Waals surface area contributed by atoms with Gasteiger partial charge in [-0.15, -0.1) is 0 Å². The summed E-state index contributed by atoms with van der Waals surface area (Å²) >= 11 is 0. The van der Waals surface area contributed by atoms with Gasteiger partial charge in [0.25, 0.3) is 5.91 Å². The van der Waals surface area contributed by atoms with Gasteiger partial charge in [-0.2, -0.15) is 0 Å². The molecule has 4 heteroatoms. The zero-order valence-corrected chi connectivity index (χ0v) is 11.1. The highest BCUT2D eigenvalue weighted by Gasteiger charge is 2.30. The second kappa shape index (κ2) is 5.48. The molecule has 2 N–H and O–H groups in total. The molecule has 0 bridgehead atoms. The second-order valence-electron chi connectivity index (χ2n) is 5.19. The molecule has 2 unspecified atom stereocenters. The van der Waals surface area contributed by atoms with Crippen molar-refractivity contribution in [3.05, 3.63) is 29.6 Å². The van der Waals surface area contributed by atoms with Crippen LogP contribution in [-0.4, -0.2) is 34.9 Å². The van der Waals surface area contributed by atoms with Crippen LogP contribution in [0.3, 0.4) is 0 Å². The fourth-order valence-corrected chi connectivity index (χ4v) is 2.59. The quantitative estimate of drug-likeness (QED) is 0.863. The van der Waals surface area contributed by atoms with Crippen LogP contribution in [0.15, 0.2) is 18.3 Å². The molecular formula is C14H21N3O. The number of carbonyl (C=O) groups excluding carboxylic acids is 1. The van der Waals surface area contributed by atoms with Crippen molar-refractivity contribution in [1.29, 1.82) is 0 Å². The average molecular weight is 247 g/mol. The Bertz CT molecular complexity index is 433. The number of hydrogen-bond donors (Lipinski definition) is 1. The zero-order valence-electron chi connectivity index (χ0n) is 11.1. The molecule has 2 rings (SSSR count). The number of likely N-dealkylation sites (tertiary alicyclic amines) is 1. The van der Waals surface area contributed by atoms with E-state index in [9.17, 15) is 4.79 Å². The monoisotopic (exact) mass is 247 g/mol. The molecule has 1 amide bonds. The van der Waals surface area contributed by atoms with E-state index in [2.05, 4.69) is 11.9 Å². The molecule has 0 saturated carbocycles. The predicted molar refractivity (Wildman–Crippen MR) is 71.3 cm³/mol. The number of aryl methyl sites for hydroxylation is 1. The molecule has 0 aliphatic carbocycles. The molecule has 0 aromatic carbocycles. The van der Waals surface area contributed by atoms with E-state index >= 15 is 0 Å². The number of hydrogen-bond acceptors (Lipinski definition) is 3.